The standard InChI is InChI=1S/Cl4H6Si4/c1-7(2,5)8(3,4)6/h5-6H3. The SMILES string of the molecule is [SiH3][Si](Cl)(Cl)[Si]([SiH3])(Cl)Cl. The summed E-state index contributed by atoms with van der Waals surface area (Å²) in [5, 5.41) is 0. The van der Waals surface area contributed by atoms with Gasteiger partial charge >= 0.3 is 0 Å². The van der Waals surface area contributed by atoms with Crippen LogP contribution in [0.15, 0.2) is 0 Å². The Kier molecular flexibility index (Phi) is 3.71. The fourth-order valence-electron chi connectivity index (χ4n) is 0. The van der Waals surface area contributed by atoms with Gasteiger partial charge in [-0.3, -0.25) is 0 Å². The molecule has 0 aliphatic carbocycles. The molecule has 8 heavy (non-hydrogen) atoms. The summed E-state index contributed by atoms with van der Waals surface area (Å²) in [7, 11) is 1.58. The van der Waals surface area contributed by atoms with Crippen LogP contribution in [-0.4, -0.2) is 31.0 Å². The molecule has 0 N–H and O–H groups in total. The van der Waals surface area contributed by atoms with E-state index < -0.39 is 11.5 Å². The van der Waals surface area contributed by atoms with Gasteiger partial charge in [-0.2, -0.15) is 44.3 Å². The second-order valence-electron chi connectivity index (χ2n) is 1.78. The van der Waals surface area contributed by atoms with Crippen LogP contribution in [0.4, 0.5) is 0 Å². The van der Waals surface area contributed by atoms with Gasteiger partial charge in [-0.05, 0) is 0 Å². The molecule has 8 heteroatoms. The van der Waals surface area contributed by atoms with Crippen LogP contribution < -0.4 is 0 Å². The highest BCUT2D eigenvalue weighted by Crippen LogP contribution is 2.27. The van der Waals surface area contributed by atoms with E-state index in [1.54, 1.807) is 0 Å². The summed E-state index contributed by atoms with van der Waals surface area (Å²) in [5.74, 6) is 0. The van der Waals surface area contributed by atoms with Crippen LogP contribution in [0.2, 0.25) is 0 Å². The molecule has 0 aliphatic heterocycles. The largest absolute Gasteiger partial charge is 0.247 e. The lowest BCUT2D eigenvalue weighted by molar-refractivity contribution is 3.48. The van der Waals surface area contributed by atoms with Crippen LogP contribution >= 0.6 is 44.3 Å². The lowest BCUT2D eigenvalue weighted by Crippen LogP contribution is -2.48. The first-order valence-electron chi connectivity index (χ1n) is 2.01. The van der Waals surface area contributed by atoms with Gasteiger partial charge in [0.1, 0.15) is 0 Å². The third-order valence-electron chi connectivity index (χ3n) is 0.771. The van der Waals surface area contributed by atoms with Gasteiger partial charge in [0.2, 0.25) is 11.5 Å². The van der Waals surface area contributed by atoms with Crippen molar-refractivity contribution in [2.45, 2.75) is 0 Å². The number of rotatable bonds is 1. The first-order valence-corrected chi connectivity index (χ1v) is 18.1. The van der Waals surface area contributed by atoms with E-state index in [1.165, 1.54) is 0 Å². The van der Waals surface area contributed by atoms with Crippen LogP contribution in [0.3, 0.4) is 0 Å². The van der Waals surface area contributed by atoms with Gasteiger partial charge in [-0.1, -0.05) is 0 Å². The molecule has 0 aliphatic rings. The number of halogens is 4. The van der Waals surface area contributed by atoms with Crippen molar-refractivity contribution >= 4 is 75.3 Å². The van der Waals surface area contributed by atoms with Gasteiger partial charge < -0.3 is 0 Å². The van der Waals surface area contributed by atoms with Crippen molar-refractivity contribution in [1.82, 2.24) is 0 Å². The highest BCUT2D eigenvalue weighted by Gasteiger charge is 2.44. The monoisotopic (exact) mass is 258 g/mol. The van der Waals surface area contributed by atoms with Crippen molar-refractivity contribution in [2.24, 2.45) is 0 Å². The Bertz CT molecular complexity index is 63.0. The predicted octanol–water partition coefficient (Wildman–Crippen LogP) is -0.371. The highest BCUT2D eigenvalue weighted by molar-refractivity contribution is 8.08. The Morgan fingerprint density at radius 2 is 0.875 bits per heavy atom. The molecular formula is H6Cl4Si4. The molecule has 0 fully saturated rings. The smallest absolute Gasteiger partial charge is 0.152 e. The van der Waals surface area contributed by atoms with Gasteiger partial charge in [-0.15, -0.1) is 0 Å². The highest BCUT2D eigenvalue weighted by atomic mass is 35.8. The second kappa shape index (κ2) is 2.96. The third kappa shape index (κ3) is 3.26. The Balaban J connectivity index is 4.02. The molecule has 0 aromatic heterocycles. The fraction of sp³-hybridized carbons (Fsp3) is 0. The summed E-state index contributed by atoms with van der Waals surface area (Å²) in [6.45, 7) is 0. The summed E-state index contributed by atoms with van der Waals surface area (Å²) in [4.78, 5) is 0. The maximum absolute atomic E-state index is 5.81. The quantitative estimate of drug-likeness (QED) is 0.446. The van der Waals surface area contributed by atoms with E-state index in [-0.39, 0.29) is 0 Å². The topological polar surface area (TPSA) is 0 Å². The zero-order valence-corrected chi connectivity index (χ0v) is 13.5. The predicted molar refractivity (Wildman–Crippen MR) is 54.8 cm³/mol. The molecule has 0 saturated heterocycles. The molecule has 0 aromatic carbocycles. The van der Waals surface area contributed by atoms with E-state index in [2.05, 4.69) is 0 Å². The average molecular weight is 260 g/mol. The van der Waals surface area contributed by atoms with Gasteiger partial charge in [-0.25, -0.2) is 0 Å². The van der Waals surface area contributed by atoms with Crippen molar-refractivity contribution in [3.8, 4) is 0 Å². The molecule has 0 unspecified atom stereocenters. The third-order valence-corrected chi connectivity index (χ3v) is 62.4. The van der Waals surface area contributed by atoms with Crippen LogP contribution in [-0.2, 0) is 0 Å². The summed E-state index contributed by atoms with van der Waals surface area (Å²) < 4.78 is 0. The number of hydrogen-bond donors (Lipinski definition) is 0. The van der Waals surface area contributed by atoms with E-state index in [0.29, 0.717) is 0 Å². The van der Waals surface area contributed by atoms with Crippen LogP contribution in [0.5, 0.6) is 0 Å². The molecule has 0 nitrogen and oxygen atoms in total. The molecule has 0 radical (unpaired) electrons. The Morgan fingerprint density at radius 3 is 0.875 bits per heavy atom. The van der Waals surface area contributed by atoms with Crippen LogP contribution in [0, 0.1) is 0 Å². The Labute approximate surface area is 74.9 Å². The maximum Gasteiger partial charge on any atom is 0.247 e. The lowest BCUT2D eigenvalue weighted by Gasteiger charge is -2.18. The van der Waals surface area contributed by atoms with Crippen LogP contribution in [0.1, 0.15) is 0 Å². The van der Waals surface area contributed by atoms with Crippen molar-refractivity contribution in [3.63, 3.8) is 0 Å². The van der Waals surface area contributed by atoms with E-state index >= 15 is 0 Å². The Hall–Kier alpha value is 2.03. The van der Waals surface area contributed by atoms with Gasteiger partial charge in [0, 0.05) is 19.5 Å². The van der Waals surface area contributed by atoms with Crippen molar-refractivity contribution in [1.29, 1.82) is 0 Å². The van der Waals surface area contributed by atoms with Crippen molar-refractivity contribution in [3.05, 3.63) is 0 Å². The van der Waals surface area contributed by atoms with Crippen molar-refractivity contribution < 1.29 is 0 Å². The number of hydrogen-bond acceptors (Lipinski definition) is 0. The molecule has 0 heterocycles. The van der Waals surface area contributed by atoms with Crippen LogP contribution in [0.25, 0.3) is 0 Å². The minimum Gasteiger partial charge on any atom is -0.152 e. The fourth-order valence-corrected chi connectivity index (χ4v) is 0. The average Bonchev–Trinajstić information content (AvgIpc) is 1.25. The molecule has 0 aromatic rings. The minimum atomic E-state index is -2.04. The summed E-state index contributed by atoms with van der Waals surface area (Å²) in [5.41, 5.74) is -4.09. The molecule has 0 saturated carbocycles. The van der Waals surface area contributed by atoms with Gasteiger partial charge in [0.05, 0.1) is 0 Å². The van der Waals surface area contributed by atoms with Crippen molar-refractivity contribution in [2.75, 3.05) is 0 Å². The summed E-state index contributed by atoms with van der Waals surface area (Å²) in [6.07, 6.45) is 0. The summed E-state index contributed by atoms with van der Waals surface area (Å²) >= 11 is 23.2. The second-order valence-corrected chi connectivity index (χ2v) is 48.0. The lowest BCUT2D eigenvalue weighted by atomic mass is 26.3. The first kappa shape index (κ1) is 10.0. The first-order chi connectivity index (χ1) is 3.25. The molecular weight excluding hydrogens is 254 g/mol. The zero-order chi connectivity index (χ0) is 7.00. The van der Waals surface area contributed by atoms with Gasteiger partial charge in [0.15, 0.2) is 0 Å². The van der Waals surface area contributed by atoms with E-state index in [9.17, 15) is 0 Å². The van der Waals surface area contributed by atoms with E-state index in [4.69, 9.17) is 44.3 Å². The molecule has 0 atom stereocenters. The molecule has 0 bridgehead atoms. The molecule has 0 rings (SSSR count). The van der Waals surface area contributed by atoms with E-state index in [1.807, 2.05) is 0 Å². The maximum atomic E-state index is 5.81. The Morgan fingerprint density at radius 1 is 0.750 bits per heavy atom. The normalized spacial score (nSPS) is 15.0. The zero-order valence-electron chi connectivity index (χ0n) is 4.51. The minimum absolute atomic E-state index is 0.789. The molecule has 50 valence electrons. The molecule has 0 amide bonds. The summed E-state index contributed by atoms with van der Waals surface area (Å²) in [6, 6.07) is 0. The van der Waals surface area contributed by atoms with E-state index in [0.717, 1.165) is 19.5 Å². The molecule has 0 spiro atoms. The van der Waals surface area contributed by atoms with Gasteiger partial charge in [0.25, 0.3) is 0 Å².